The van der Waals surface area contributed by atoms with Crippen LogP contribution in [-0.2, 0) is 6.42 Å². The van der Waals surface area contributed by atoms with E-state index < -0.39 is 6.10 Å². The summed E-state index contributed by atoms with van der Waals surface area (Å²) in [5.41, 5.74) is 1.25. The molecule has 18 heavy (non-hydrogen) atoms. The highest BCUT2D eigenvalue weighted by atomic mass is 79.9. The highest BCUT2D eigenvalue weighted by Crippen LogP contribution is 2.25. The van der Waals surface area contributed by atoms with E-state index in [2.05, 4.69) is 25.9 Å². The standard InChI is InChI=1S/C13H12BrFN2O/c1-8-16-6-5-11(17-8)12(18)7-9-3-2-4-10(15)13(9)14/h2-6,12,18H,7H2,1H3. The van der Waals surface area contributed by atoms with Gasteiger partial charge in [-0.15, -0.1) is 0 Å². The predicted octanol–water partition coefficient (Wildman–Crippen LogP) is 2.96. The van der Waals surface area contributed by atoms with Gasteiger partial charge in [0, 0.05) is 12.6 Å². The molecule has 0 saturated carbocycles. The molecule has 0 aliphatic heterocycles. The summed E-state index contributed by atoms with van der Waals surface area (Å²) in [6.07, 6.45) is 1.13. The Hall–Kier alpha value is -1.33. The van der Waals surface area contributed by atoms with E-state index in [1.807, 2.05) is 0 Å². The summed E-state index contributed by atoms with van der Waals surface area (Å²) in [5, 5.41) is 10.1. The van der Waals surface area contributed by atoms with Crippen molar-refractivity contribution in [2.45, 2.75) is 19.4 Å². The van der Waals surface area contributed by atoms with Crippen molar-refractivity contribution in [3.05, 3.63) is 57.8 Å². The van der Waals surface area contributed by atoms with Crippen LogP contribution in [0.3, 0.4) is 0 Å². The van der Waals surface area contributed by atoms with Gasteiger partial charge < -0.3 is 5.11 Å². The fourth-order valence-electron chi connectivity index (χ4n) is 1.68. The molecular formula is C13H12BrFN2O. The third kappa shape index (κ3) is 2.91. The second kappa shape index (κ2) is 5.54. The van der Waals surface area contributed by atoms with Gasteiger partial charge >= 0.3 is 0 Å². The second-order valence-corrected chi connectivity index (χ2v) is 4.75. The van der Waals surface area contributed by atoms with Gasteiger partial charge in [-0.2, -0.15) is 0 Å². The molecule has 0 amide bonds. The molecule has 1 N–H and O–H groups in total. The van der Waals surface area contributed by atoms with Crippen LogP contribution in [-0.4, -0.2) is 15.1 Å². The second-order valence-electron chi connectivity index (χ2n) is 3.96. The van der Waals surface area contributed by atoms with Gasteiger partial charge in [-0.1, -0.05) is 12.1 Å². The molecule has 0 spiro atoms. The summed E-state index contributed by atoms with van der Waals surface area (Å²) in [7, 11) is 0. The zero-order chi connectivity index (χ0) is 13.1. The number of aliphatic hydroxyl groups is 1. The van der Waals surface area contributed by atoms with Crippen molar-refractivity contribution < 1.29 is 9.50 Å². The number of rotatable bonds is 3. The van der Waals surface area contributed by atoms with Gasteiger partial charge in [0.1, 0.15) is 17.7 Å². The van der Waals surface area contributed by atoms with Crippen LogP contribution in [0.4, 0.5) is 4.39 Å². The monoisotopic (exact) mass is 310 g/mol. The maximum absolute atomic E-state index is 13.3. The first-order chi connectivity index (χ1) is 8.58. The van der Waals surface area contributed by atoms with E-state index in [0.29, 0.717) is 28.0 Å². The molecule has 1 aromatic heterocycles. The van der Waals surface area contributed by atoms with E-state index >= 15 is 0 Å². The Morgan fingerprint density at radius 2 is 2.17 bits per heavy atom. The third-order valence-corrected chi connectivity index (χ3v) is 3.47. The molecule has 0 bridgehead atoms. The smallest absolute Gasteiger partial charge is 0.137 e. The lowest BCUT2D eigenvalue weighted by molar-refractivity contribution is 0.173. The van der Waals surface area contributed by atoms with Crippen molar-refractivity contribution in [2.75, 3.05) is 0 Å². The molecule has 1 atom stereocenters. The topological polar surface area (TPSA) is 46.0 Å². The molecule has 2 aromatic rings. The minimum Gasteiger partial charge on any atom is -0.386 e. The van der Waals surface area contributed by atoms with Crippen molar-refractivity contribution >= 4 is 15.9 Å². The van der Waals surface area contributed by atoms with Crippen molar-refractivity contribution in [1.82, 2.24) is 9.97 Å². The number of halogens is 2. The first-order valence-electron chi connectivity index (χ1n) is 5.48. The Balaban J connectivity index is 2.21. The average molecular weight is 311 g/mol. The van der Waals surface area contributed by atoms with Crippen molar-refractivity contribution in [3.8, 4) is 0 Å². The molecular weight excluding hydrogens is 299 g/mol. The average Bonchev–Trinajstić information content (AvgIpc) is 2.35. The highest BCUT2D eigenvalue weighted by molar-refractivity contribution is 9.10. The number of aryl methyl sites for hydroxylation is 1. The minimum absolute atomic E-state index is 0.300. The van der Waals surface area contributed by atoms with Crippen LogP contribution < -0.4 is 0 Å². The summed E-state index contributed by atoms with van der Waals surface area (Å²) in [5.74, 6) is 0.267. The van der Waals surface area contributed by atoms with Crippen LogP contribution in [0.25, 0.3) is 0 Å². The van der Waals surface area contributed by atoms with E-state index in [-0.39, 0.29) is 5.82 Å². The first kappa shape index (κ1) is 13.1. The van der Waals surface area contributed by atoms with Gasteiger partial charge in [-0.25, -0.2) is 14.4 Å². The zero-order valence-corrected chi connectivity index (χ0v) is 11.4. The van der Waals surface area contributed by atoms with Gasteiger partial charge in [0.15, 0.2) is 0 Å². The van der Waals surface area contributed by atoms with Crippen molar-refractivity contribution in [3.63, 3.8) is 0 Å². The fraction of sp³-hybridized carbons (Fsp3) is 0.231. The van der Waals surface area contributed by atoms with Crippen LogP contribution >= 0.6 is 15.9 Å². The Kier molecular flexibility index (Phi) is 4.04. The Morgan fingerprint density at radius 3 is 2.89 bits per heavy atom. The van der Waals surface area contributed by atoms with Crippen LogP contribution in [0.2, 0.25) is 0 Å². The summed E-state index contributed by atoms with van der Waals surface area (Å²) in [4.78, 5) is 8.12. The van der Waals surface area contributed by atoms with Gasteiger partial charge in [-0.3, -0.25) is 0 Å². The van der Waals surface area contributed by atoms with E-state index in [0.717, 1.165) is 0 Å². The molecule has 94 valence electrons. The lowest BCUT2D eigenvalue weighted by atomic mass is 10.1. The van der Waals surface area contributed by atoms with E-state index in [1.165, 1.54) is 6.07 Å². The molecule has 0 saturated heterocycles. The minimum atomic E-state index is -0.773. The van der Waals surface area contributed by atoms with E-state index in [4.69, 9.17) is 0 Å². The van der Waals surface area contributed by atoms with Gasteiger partial charge in [-0.05, 0) is 40.5 Å². The third-order valence-electron chi connectivity index (χ3n) is 2.58. The molecule has 0 aliphatic rings. The van der Waals surface area contributed by atoms with Crippen LogP contribution in [0.5, 0.6) is 0 Å². The Labute approximate surface area is 113 Å². The lowest BCUT2D eigenvalue weighted by Crippen LogP contribution is -2.06. The molecule has 5 heteroatoms. The molecule has 0 radical (unpaired) electrons. The number of hydrogen-bond donors (Lipinski definition) is 1. The Bertz CT molecular complexity index is 562. The van der Waals surface area contributed by atoms with Gasteiger partial charge in [0.2, 0.25) is 0 Å². The highest BCUT2D eigenvalue weighted by Gasteiger charge is 2.14. The number of nitrogens with zero attached hydrogens (tertiary/aromatic N) is 2. The van der Waals surface area contributed by atoms with Crippen LogP contribution in [0.15, 0.2) is 34.9 Å². The fourth-order valence-corrected chi connectivity index (χ4v) is 2.11. The predicted molar refractivity (Wildman–Crippen MR) is 69.5 cm³/mol. The van der Waals surface area contributed by atoms with Crippen LogP contribution in [0.1, 0.15) is 23.2 Å². The van der Waals surface area contributed by atoms with Crippen LogP contribution in [0, 0.1) is 12.7 Å². The molecule has 0 fully saturated rings. The summed E-state index contributed by atoms with van der Waals surface area (Å²) >= 11 is 3.18. The van der Waals surface area contributed by atoms with E-state index in [1.54, 1.807) is 31.3 Å². The maximum Gasteiger partial charge on any atom is 0.137 e. The summed E-state index contributed by atoms with van der Waals surface area (Å²) in [6, 6.07) is 6.41. The van der Waals surface area contributed by atoms with Crippen molar-refractivity contribution in [1.29, 1.82) is 0 Å². The number of aromatic nitrogens is 2. The van der Waals surface area contributed by atoms with Gasteiger partial charge in [0.25, 0.3) is 0 Å². The SMILES string of the molecule is Cc1nccc(C(O)Cc2cccc(F)c2Br)n1. The zero-order valence-electron chi connectivity index (χ0n) is 9.77. The Morgan fingerprint density at radius 1 is 1.39 bits per heavy atom. The quantitative estimate of drug-likeness (QED) is 0.948. The van der Waals surface area contributed by atoms with E-state index in [9.17, 15) is 9.50 Å². The molecule has 1 aromatic carbocycles. The number of aliphatic hydroxyl groups excluding tert-OH is 1. The van der Waals surface area contributed by atoms with Crippen molar-refractivity contribution in [2.24, 2.45) is 0 Å². The summed E-state index contributed by atoms with van der Waals surface area (Å²) in [6.45, 7) is 1.76. The lowest BCUT2D eigenvalue weighted by Gasteiger charge is -2.12. The largest absolute Gasteiger partial charge is 0.386 e. The molecule has 2 rings (SSSR count). The summed E-state index contributed by atoms with van der Waals surface area (Å²) < 4.78 is 13.7. The molecule has 1 heterocycles. The normalized spacial score (nSPS) is 12.4. The molecule has 3 nitrogen and oxygen atoms in total. The molecule has 0 aliphatic carbocycles. The number of benzene rings is 1. The first-order valence-corrected chi connectivity index (χ1v) is 6.27. The number of hydrogen-bond acceptors (Lipinski definition) is 3. The van der Waals surface area contributed by atoms with Gasteiger partial charge in [0.05, 0.1) is 10.2 Å². The maximum atomic E-state index is 13.3. The molecule has 1 unspecified atom stereocenters.